The normalized spacial score (nSPS) is 20.9. The maximum atomic E-state index is 8.47. The van der Waals surface area contributed by atoms with Crippen LogP contribution in [0.25, 0.3) is 0 Å². The molecule has 88 valence electrons. The van der Waals surface area contributed by atoms with Gasteiger partial charge in [0.25, 0.3) is 0 Å². The number of thioether (sulfide) groups is 3. The minimum absolute atomic E-state index is 0.0339. The van der Waals surface area contributed by atoms with E-state index in [-0.39, 0.29) is 5.54 Å². The molecule has 0 amide bonds. The van der Waals surface area contributed by atoms with Crippen LogP contribution in [-0.2, 0) is 0 Å². The molecule has 0 N–H and O–H groups in total. The highest BCUT2D eigenvalue weighted by Gasteiger charge is 2.37. The summed E-state index contributed by atoms with van der Waals surface area (Å²) < 4.78 is 1.08. The van der Waals surface area contributed by atoms with E-state index >= 15 is 0 Å². The van der Waals surface area contributed by atoms with E-state index < -0.39 is 0 Å². The topological polar surface area (TPSA) is 36.1 Å². The van der Waals surface area contributed by atoms with E-state index in [9.17, 15) is 0 Å². The van der Waals surface area contributed by atoms with E-state index in [0.717, 1.165) is 22.3 Å². The smallest absolute Gasteiger partial charge is 0.134 e. The molecule has 0 atom stereocenters. The Morgan fingerprint density at radius 2 is 2.25 bits per heavy atom. The van der Waals surface area contributed by atoms with Crippen molar-refractivity contribution in [3.05, 3.63) is 9.89 Å². The summed E-state index contributed by atoms with van der Waals surface area (Å²) in [4.78, 5) is 8.07. The first-order valence-electron chi connectivity index (χ1n) is 4.94. The lowest BCUT2D eigenvalue weighted by Gasteiger charge is -2.23. The van der Waals surface area contributed by atoms with Gasteiger partial charge < -0.3 is 0 Å². The highest BCUT2D eigenvalue weighted by atomic mass is 79.9. The van der Waals surface area contributed by atoms with E-state index in [1.165, 1.54) is 16.7 Å². The summed E-state index contributed by atoms with van der Waals surface area (Å²) in [5.74, 6) is 0. The minimum atomic E-state index is -0.0339. The summed E-state index contributed by atoms with van der Waals surface area (Å²) in [5, 5.41) is 11.3. The van der Waals surface area contributed by atoms with Crippen LogP contribution in [0.2, 0.25) is 0 Å². The first-order chi connectivity index (χ1) is 7.72. The van der Waals surface area contributed by atoms with Crippen LogP contribution >= 0.6 is 51.2 Å². The molecule has 0 spiro atoms. The first-order valence-corrected chi connectivity index (χ1v) is 8.65. The van der Waals surface area contributed by atoms with Gasteiger partial charge in [0, 0.05) is 4.91 Å². The third-order valence-electron chi connectivity index (χ3n) is 2.54. The third-order valence-corrected chi connectivity index (χ3v) is 6.29. The first kappa shape index (κ1) is 14.5. The Kier molecular flexibility index (Phi) is 6.34. The third kappa shape index (κ3) is 3.22. The molecule has 1 aliphatic heterocycles. The Morgan fingerprint density at radius 3 is 2.69 bits per heavy atom. The molecular formula is C10H13BrN2S3. The Hall–Kier alpha value is 0.430. The lowest BCUT2D eigenvalue weighted by atomic mass is 9.94. The van der Waals surface area contributed by atoms with Crippen molar-refractivity contribution in [2.24, 2.45) is 4.99 Å². The van der Waals surface area contributed by atoms with Crippen molar-refractivity contribution < 1.29 is 0 Å². The van der Waals surface area contributed by atoms with Crippen LogP contribution in [0.4, 0.5) is 0 Å². The molecule has 0 aromatic heterocycles. The lowest BCUT2D eigenvalue weighted by molar-refractivity contribution is 0.496. The SMILES string of the molecule is CCC1(CC)N=C(SCSC#N)SC1=CBr. The van der Waals surface area contributed by atoms with Crippen molar-refractivity contribution in [3.8, 4) is 5.40 Å². The summed E-state index contributed by atoms with van der Waals surface area (Å²) in [7, 11) is 0. The maximum absolute atomic E-state index is 8.47. The fraction of sp³-hybridized carbons (Fsp3) is 0.600. The molecule has 0 unspecified atom stereocenters. The van der Waals surface area contributed by atoms with Gasteiger partial charge in [-0.2, -0.15) is 5.26 Å². The predicted molar refractivity (Wildman–Crippen MR) is 81.0 cm³/mol. The number of nitrogens with zero attached hydrogens (tertiary/aromatic N) is 2. The molecule has 0 radical (unpaired) electrons. The second kappa shape index (κ2) is 7.00. The summed E-state index contributed by atoms with van der Waals surface area (Å²) >= 11 is 8.06. The van der Waals surface area contributed by atoms with Crippen LogP contribution in [-0.4, -0.2) is 15.0 Å². The fourth-order valence-electron chi connectivity index (χ4n) is 1.49. The second-order valence-corrected chi connectivity index (χ2v) is 7.03. The van der Waals surface area contributed by atoms with E-state index in [0.29, 0.717) is 0 Å². The fourth-order valence-corrected chi connectivity index (χ4v) is 5.20. The quantitative estimate of drug-likeness (QED) is 0.420. The van der Waals surface area contributed by atoms with Crippen LogP contribution in [0, 0.1) is 10.7 Å². The summed E-state index contributed by atoms with van der Waals surface area (Å²) in [6.45, 7) is 4.34. The van der Waals surface area contributed by atoms with E-state index in [4.69, 9.17) is 10.3 Å². The molecule has 0 aromatic carbocycles. The summed E-state index contributed by atoms with van der Waals surface area (Å²) in [6, 6.07) is 0. The van der Waals surface area contributed by atoms with Gasteiger partial charge in [-0.25, -0.2) is 0 Å². The number of rotatable bonds is 4. The molecule has 0 saturated carbocycles. The molecule has 2 nitrogen and oxygen atoms in total. The zero-order chi connectivity index (χ0) is 12.0. The van der Waals surface area contributed by atoms with E-state index in [1.54, 1.807) is 23.5 Å². The standard InChI is InChI=1S/C10H13BrN2S3/c1-3-10(4-2)8(5-11)16-9(13-10)15-7-14-6-12/h5H,3-4,7H2,1-2H3. The molecule has 0 bridgehead atoms. The maximum Gasteiger partial charge on any atom is 0.134 e. The van der Waals surface area contributed by atoms with Crippen LogP contribution in [0.15, 0.2) is 14.9 Å². The van der Waals surface area contributed by atoms with Crippen molar-refractivity contribution in [1.82, 2.24) is 0 Å². The Morgan fingerprint density at radius 1 is 1.56 bits per heavy atom. The molecule has 1 rings (SSSR count). The average Bonchev–Trinajstić information content (AvgIpc) is 2.68. The molecular weight excluding hydrogens is 324 g/mol. The van der Waals surface area contributed by atoms with Gasteiger partial charge in [-0.1, -0.05) is 53.3 Å². The predicted octanol–water partition coefficient (Wildman–Crippen LogP) is 4.79. The van der Waals surface area contributed by atoms with Crippen molar-refractivity contribution in [2.75, 3.05) is 5.08 Å². The van der Waals surface area contributed by atoms with Gasteiger partial charge >= 0.3 is 0 Å². The van der Waals surface area contributed by atoms with E-state index in [2.05, 4.69) is 35.2 Å². The Balaban J connectivity index is 2.73. The van der Waals surface area contributed by atoms with Gasteiger partial charge in [-0.05, 0) is 29.6 Å². The van der Waals surface area contributed by atoms with Crippen LogP contribution < -0.4 is 0 Å². The zero-order valence-electron chi connectivity index (χ0n) is 9.20. The van der Waals surface area contributed by atoms with Gasteiger partial charge in [0.15, 0.2) is 0 Å². The molecule has 16 heavy (non-hydrogen) atoms. The monoisotopic (exact) mass is 336 g/mol. The van der Waals surface area contributed by atoms with Crippen LogP contribution in [0.1, 0.15) is 26.7 Å². The van der Waals surface area contributed by atoms with Crippen molar-refractivity contribution in [2.45, 2.75) is 32.2 Å². The minimum Gasteiger partial charge on any atom is -0.259 e. The van der Waals surface area contributed by atoms with Crippen LogP contribution in [0.5, 0.6) is 0 Å². The molecule has 0 fully saturated rings. The number of nitriles is 1. The molecule has 1 heterocycles. The van der Waals surface area contributed by atoms with Gasteiger partial charge in [0.1, 0.15) is 9.78 Å². The number of halogens is 1. The highest BCUT2D eigenvalue weighted by molar-refractivity contribution is 9.11. The van der Waals surface area contributed by atoms with Gasteiger partial charge in [-0.3, -0.25) is 4.99 Å². The molecule has 0 aromatic rings. The summed E-state index contributed by atoms with van der Waals surface area (Å²) in [6.07, 6.45) is 2.03. The van der Waals surface area contributed by atoms with Crippen molar-refractivity contribution in [3.63, 3.8) is 0 Å². The van der Waals surface area contributed by atoms with E-state index in [1.807, 2.05) is 4.99 Å². The van der Waals surface area contributed by atoms with Crippen LogP contribution in [0.3, 0.4) is 0 Å². The largest absolute Gasteiger partial charge is 0.259 e. The number of aliphatic imine (C=N–C) groups is 1. The van der Waals surface area contributed by atoms with Crippen molar-refractivity contribution >= 4 is 55.6 Å². The van der Waals surface area contributed by atoms with Crippen molar-refractivity contribution in [1.29, 1.82) is 5.26 Å². The Labute approximate surface area is 118 Å². The molecule has 1 aliphatic rings. The number of hydrogen-bond donors (Lipinski definition) is 0. The lowest BCUT2D eigenvalue weighted by Crippen LogP contribution is -2.22. The Bertz CT molecular complexity index is 342. The molecule has 6 heteroatoms. The molecule has 0 aliphatic carbocycles. The van der Waals surface area contributed by atoms with Gasteiger partial charge in [0.2, 0.25) is 0 Å². The molecule has 0 saturated heterocycles. The number of hydrogen-bond acceptors (Lipinski definition) is 5. The second-order valence-electron chi connectivity index (χ2n) is 3.19. The zero-order valence-corrected chi connectivity index (χ0v) is 13.2. The van der Waals surface area contributed by atoms with Gasteiger partial charge in [-0.15, -0.1) is 0 Å². The summed E-state index contributed by atoms with van der Waals surface area (Å²) in [5.41, 5.74) is -0.0339. The van der Waals surface area contributed by atoms with Gasteiger partial charge in [0.05, 0.1) is 10.6 Å². The number of thiocyanates is 1. The highest BCUT2D eigenvalue weighted by Crippen LogP contribution is 2.47. The average molecular weight is 337 g/mol.